The van der Waals surface area contributed by atoms with Gasteiger partial charge in [-0.1, -0.05) is 12.1 Å². The van der Waals surface area contributed by atoms with E-state index in [0.29, 0.717) is 50.7 Å². The number of imidazole rings is 1. The summed E-state index contributed by atoms with van der Waals surface area (Å²) in [7, 11) is 0. The van der Waals surface area contributed by atoms with Crippen LogP contribution in [0.1, 0.15) is 50.0 Å². The summed E-state index contributed by atoms with van der Waals surface area (Å²) in [5, 5.41) is 8.55. The highest BCUT2D eigenvalue weighted by molar-refractivity contribution is 5.92. The first-order chi connectivity index (χ1) is 23.4. The van der Waals surface area contributed by atoms with Crippen molar-refractivity contribution < 1.29 is 27.2 Å². The third-order valence-corrected chi connectivity index (χ3v) is 7.39. The van der Waals surface area contributed by atoms with Crippen molar-refractivity contribution in [2.75, 3.05) is 13.1 Å². The van der Waals surface area contributed by atoms with Crippen LogP contribution in [0.2, 0.25) is 0 Å². The second-order valence-electron chi connectivity index (χ2n) is 10.7. The molecule has 0 unspecified atom stereocenters. The fraction of sp³-hybridized carbons (Fsp3) is 0.242. The van der Waals surface area contributed by atoms with Crippen molar-refractivity contribution in [1.82, 2.24) is 45.4 Å². The average Bonchev–Trinajstić information content (AvgIpc) is 3.85. The van der Waals surface area contributed by atoms with Gasteiger partial charge in [0.2, 0.25) is 0 Å². The summed E-state index contributed by atoms with van der Waals surface area (Å²) in [4.78, 5) is 46.1. The summed E-state index contributed by atoms with van der Waals surface area (Å²) in [5.41, 5.74) is 2.29. The Morgan fingerprint density at radius 3 is 1.92 bits per heavy atom. The molecule has 0 spiro atoms. The van der Waals surface area contributed by atoms with Crippen LogP contribution in [-0.2, 0) is 38.9 Å². The van der Waals surface area contributed by atoms with E-state index in [0.717, 1.165) is 16.9 Å². The fourth-order valence-corrected chi connectivity index (χ4v) is 4.96. The second kappa shape index (κ2) is 15.2. The number of halogens is 2. The Bertz CT molecular complexity index is 2020. The number of nitrogens with one attached hydrogen (secondary N) is 3. The third-order valence-electron chi connectivity index (χ3n) is 7.39. The highest BCUT2D eigenvalue weighted by Crippen LogP contribution is 2.18. The molecule has 0 atom stereocenters. The monoisotopic (exact) mass is 655 g/mol. The van der Waals surface area contributed by atoms with E-state index < -0.39 is 23.4 Å². The SMILES string of the molecule is O=C(NCc1ncccc1F)c1coc(CCNCCc2nc3ccccc3n2CCc2nc(C(=O)NCc3ncccc3F)co2)n1. The number of hydrogen-bond donors (Lipinski definition) is 3. The standard InChI is InChI=1S/C33H31F2N9O4/c34-21-5-3-12-37-24(21)17-39-32(45)26-19-47-30(42-26)10-15-36-14-9-29-41-23-7-1-2-8-28(23)44(29)16-11-31-43-27(20-48-31)33(46)40-18-25-22(35)6-4-13-38-25/h1-8,12-13,19-20,36H,9-11,14-18H2,(H,39,45)(H,40,46). The Balaban J connectivity index is 0.978. The molecule has 13 nitrogen and oxygen atoms in total. The zero-order valence-electron chi connectivity index (χ0n) is 25.7. The molecule has 0 aliphatic heterocycles. The number of pyridine rings is 2. The topological polar surface area (TPSA) is 166 Å². The molecule has 3 N–H and O–H groups in total. The van der Waals surface area contributed by atoms with E-state index in [9.17, 15) is 18.4 Å². The molecule has 246 valence electrons. The first-order valence-corrected chi connectivity index (χ1v) is 15.2. The maximum atomic E-state index is 13.8. The van der Waals surface area contributed by atoms with Crippen LogP contribution >= 0.6 is 0 Å². The Morgan fingerprint density at radius 2 is 1.29 bits per heavy atom. The number of carbonyl (C=O) groups excluding carboxylic acids is 2. The Morgan fingerprint density at radius 1 is 0.708 bits per heavy atom. The number of benzene rings is 1. The minimum Gasteiger partial charge on any atom is -0.448 e. The minimum absolute atomic E-state index is 0.0627. The second-order valence-corrected chi connectivity index (χ2v) is 10.7. The number of aryl methyl sites for hydroxylation is 2. The van der Waals surface area contributed by atoms with Gasteiger partial charge in [0, 0.05) is 51.3 Å². The Labute approximate surface area is 272 Å². The molecule has 0 aliphatic rings. The number of para-hydroxylation sites is 2. The van der Waals surface area contributed by atoms with Gasteiger partial charge in [0.25, 0.3) is 11.8 Å². The van der Waals surface area contributed by atoms with Gasteiger partial charge in [-0.25, -0.2) is 23.7 Å². The highest BCUT2D eigenvalue weighted by Gasteiger charge is 2.16. The van der Waals surface area contributed by atoms with Crippen molar-refractivity contribution >= 4 is 22.8 Å². The predicted molar refractivity (Wildman–Crippen MR) is 167 cm³/mol. The van der Waals surface area contributed by atoms with Gasteiger partial charge in [-0.05, 0) is 36.4 Å². The normalized spacial score (nSPS) is 11.2. The quantitative estimate of drug-likeness (QED) is 0.139. The number of aromatic nitrogens is 6. The molecule has 2 amide bonds. The molecule has 5 aromatic heterocycles. The van der Waals surface area contributed by atoms with Crippen molar-refractivity contribution in [3.63, 3.8) is 0 Å². The summed E-state index contributed by atoms with van der Waals surface area (Å²) in [6.45, 7) is 1.55. The van der Waals surface area contributed by atoms with Crippen LogP contribution in [0, 0.1) is 11.6 Å². The molecule has 0 saturated heterocycles. The van der Waals surface area contributed by atoms with Crippen LogP contribution in [0.25, 0.3) is 11.0 Å². The molecule has 6 rings (SSSR count). The summed E-state index contributed by atoms with van der Waals surface area (Å²) in [6, 6.07) is 13.3. The van der Waals surface area contributed by atoms with Crippen LogP contribution in [0.5, 0.6) is 0 Å². The van der Waals surface area contributed by atoms with Gasteiger partial charge in [-0.3, -0.25) is 19.6 Å². The van der Waals surface area contributed by atoms with Crippen molar-refractivity contribution in [2.45, 2.75) is 38.9 Å². The van der Waals surface area contributed by atoms with E-state index in [2.05, 4.69) is 40.5 Å². The van der Waals surface area contributed by atoms with Gasteiger partial charge in [-0.2, -0.15) is 0 Å². The van der Waals surface area contributed by atoms with E-state index >= 15 is 0 Å². The summed E-state index contributed by atoms with van der Waals surface area (Å²) >= 11 is 0. The summed E-state index contributed by atoms with van der Waals surface area (Å²) in [6.07, 6.45) is 6.96. The molecule has 1 aromatic carbocycles. The molecule has 0 radical (unpaired) electrons. The maximum absolute atomic E-state index is 13.8. The molecule has 0 aliphatic carbocycles. The van der Waals surface area contributed by atoms with Gasteiger partial charge >= 0.3 is 0 Å². The summed E-state index contributed by atoms with van der Waals surface area (Å²) in [5.74, 6) is -0.325. The number of amides is 2. The van der Waals surface area contributed by atoms with Crippen LogP contribution < -0.4 is 16.0 Å². The number of oxazole rings is 2. The Kier molecular flexibility index (Phi) is 10.2. The zero-order valence-corrected chi connectivity index (χ0v) is 25.7. The van der Waals surface area contributed by atoms with E-state index in [1.807, 2.05) is 24.3 Å². The van der Waals surface area contributed by atoms with Crippen LogP contribution in [-0.4, -0.2) is 54.4 Å². The molecule has 6 aromatic rings. The molecule has 15 heteroatoms. The van der Waals surface area contributed by atoms with Crippen LogP contribution in [0.3, 0.4) is 0 Å². The number of nitrogens with zero attached hydrogens (tertiary/aromatic N) is 6. The maximum Gasteiger partial charge on any atom is 0.273 e. The van der Waals surface area contributed by atoms with E-state index in [4.69, 9.17) is 13.8 Å². The van der Waals surface area contributed by atoms with Crippen molar-refractivity contribution in [3.05, 3.63) is 125 Å². The first-order valence-electron chi connectivity index (χ1n) is 15.2. The molecule has 5 heterocycles. The average molecular weight is 656 g/mol. The van der Waals surface area contributed by atoms with Crippen LogP contribution in [0.4, 0.5) is 8.78 Å². The molecule has 48 heavy (non-hydrogen) atoms. The molecular weight excluding hydrogens is 624 g/mol. The highest BCUT2D eigenvalue weighted by atomic mass is 19.1. The lowest BCUT2D eigenvalue weighted by Gasteiger charge is -2.09. The van der Waals surface area contributed by atoms with Gasteiger partial charge in [-0.15, -0.1) is 0 Å². The fourth-order valence-electron chi connectivity index (χ4n) is 4.96. The number of carbonyl (C=O) groups is 2. The lowest BCUT2D eigenvalue weighted by molar-refractivity contribution is 0.0937. The molecule has 0 bridgehead atoms. The first kappa shape index (κ1) is 32.1. The minimum atomic E-state index is -0.500. The molecular formula is C33H31F2N9O4. The number of fused-ring (bicyclic) bond motifs is 1. The van der Waals surface area contributed by atoms with E-state index in [-0.39, 0.29) is 35.9 Å². The third kappa shape index (κ3) is 7.93. The van der Waals surface area contributed by atoms with E-state index in [1.54, 1.807) is 0 Å². The van der Waals surface area contributed by atoms with Crippen LogP contribution in [0.15, 0.2) is 82.3 Å². The Hall–Kier alpha value is -5.83. The van der Waals surface area contributed by atoms with Gasteiger partial charge in [0.1, 0.15) is 30.0 Å². The van der Waals surface area contributed by atoms with Crippen molar-refractivity contribution in [1.29, 1.82) is 0 Å². The largest absolute Gasteiger partial charge is 0.448 e. The zero-order chi connectivity index (χ0) is 33.3. The van der Waals surface area contributed by atoms with Crippen molar-refractivity contribution in [3.8, 4) is 0 Å². The van der Waals surface area contributed by atoms with Gasteiger partial charge in [0.15, 0.2) is 23.2 Å². The van der Waals surface area contributed by atoms with Gasteiger partial charge in [0.05, 0.1) is 35.5 Å². The smallest absolute Gasteiger partial charge is 0.273 e. The number of rotatable bonds is 15. The van der Waals surface area contributed by atoms with E-state index in [1.165, 1.54) is 49.2 Å². The predicted octanol–water partition coefficient (Wildman–Crippen LogP) is 3.56. The lowest BCUT2D eigenvalue weighted by Crippen LogP contribution is -2.24. The molecule has 0 saturated carbocycles. The van der Waals surface area contributed by atoms with Crippen molar-refractivity contribution in [2.24, 2.45) is 0 Å². The number of hydrogen-bond acceptors (Lipinski definition) is 10. The van der Waals surface area contributed by atoms with Gasteiger partial charge < -0.3 is 29.4 Å². The lowest BCUT2D eigenvalue weighted by atomic mass is 10.3. The molecule has 0 fully saturated rings. The summed E-state index contributed by atoms with van der Waals surface area (Å²) < 4.78 is 40.7.